The molecule has 6 heteroatoms. The molecule has 0 amide bonds. The van der Waals surface area contributed by atoms with Crippen molar-refractivity contribution in [2.45, 2.75) is 6.61 Å². The van der Waals surface area contributed by atoms with Gasteiger partial charge in [-0.2, -0.15) is 0 Å². The summed E-state index contributed by atoms with van der Waals surface area (Å²) in [6, 6.07) is 28.8. The van der Waals surface area contributed by atoms with Crippen molar-refractivity contribution in [3.63, 3.8) is 0 Å². The molecule has 0 unspecified atom stereocenters. The van der Waals surface area contributed by atoms with Gasteiger partial charge in [0.2, 0.25) is 0 Å². The van der Waals surface area contributed by atoms with E-state index in [-0.39, 0.29) is 0 Å². The zero-order valence-electron chi connectivity index (χ0n) is 16.8. The molecule has 0 atom stereocenters. The second kappa shape index (κ2) is 10.8. The second-order valence-corrected chi connectivity index (χ2v) is 9.10. The van der Waals surface area contributed by atoms with E-state index in [1.54, 1.807) is 6.21 Å². The topological polar surface area (TPSA) is 30.8 Å². The number of hydrogen-bond acceptors (Lipinski definition) is 3. The normalized spacial score (nSPS) is 11.0. The van der Waals surface area contributed by atoms with Crippen LogP contribution in [0.5, 0.6) is 17.2 Å². The zero-order valence-corrected chi connectivity index (χ0v) is 20.8. The van der Waals surface area contributed by atoms with E-state index in [1.807, 2.05) is 91.0 Å². The fourth-order valence-electron chi connectivity index (χ4n) is 2.98. The third kappa shape index (κ3) is 6.22. The number of benzene rings is 4. The molecule has 160 valence electrons. The molecule has 0 aliphatic heterocycles. The van der Waals surface area contributed by atoms with E-state index >= 15 is 0 Å². The molecule has 0 aliphatic carbocycles. The number of hydrogen-bond donors (Lipinski definition) is 0. The number of para-hydroxylation sites is 1. The molecular formula is C26H18Br2ClNO2. The minimum atomic E-state index is 0.396. The first kappa shape index (κ1) is 22.6. The van der Waals surface area contributed by atoms with Crippen LogP contribution in [0.4, 0.5) is 5.69 Å². The molecule has 4 aromatic carbocycles. The number of ether oxygens (including phenoxy) is 2. The van der Waals surface area contributed by atoms with Crippen molar-refractivity contribution in [3.05, 3.63) is 116 Å². The predicted molar refractivity (Wildman–Crippen MR) is 138 cm³/mol. The summed E-state index contributed by atoms with van der Waals surface area (Å²) < 4.78 is 13.7. The summed E-state index contributed by atoms with van der Waals surface area (Å²) in [5, 5.41) is 0.683. The molecule has 32 heavy (non-hydrogen) atoms. The van der Waals surface area contributed by atoms with Crippen molar-refractivity contribution in [3.8, 4) is 17.2 Å². The summed E-state index contributed by atoms with van der Waals surface area (Å²) >= 11 is 13.2. The Bertz CT molecular complexity index is 1230. The van der Waals surface area contributed by atoms with Gasteiger partial charge in [0.15, 0.2) is 0 Å². The Hall–Kier alpha value is -2.60. The molecule has 0 N–H and O–H groups in total. The van der Waals surface area contributed by atoms with Crippen LogP contribution in [0.3, 0.4) is 0 Å². The molecule has 0 radical (unpaired) electrons. The number of halogens is 3. The van der Waals surface area contributed by atoms with Gasteiger partial charge in [0.1, 0.15) is 23.9 Å². The minimum absolute atomic E-state index is 0.396. The molecular weight excluding hydrogens is 554 g/mol. The van der Waals surface area contributed by atoms with Gasteiger partial charge in [-0.25, -0.2) is 0 Å². The van der Waals surface area contributed by atoms with E-state index in [0.29, 0.717) is 17.4 Å². The fourth-order valence-corrected chi connectivity index (χ4v) is 4.57. The Balaban J connectivity index is 1.50. The third-order valence-corrected chi connectivity index (χ3v) is 5.76. The van der Waals surface area contributed by atoms with Gasteiger partial charge >= 0.3 is 0 Å². The van der Waals surface area contributed by atoms with Crippen LogP contribution in [-0.4, -0.2) is 6.21 Å². The molecule has 3 nitrogen and oxygen atoms in total. The van der Waals surface area contributed by atoms with E-state index < -0.39 is 0 Å². The molecule has 0 fully saturated rings. The first-order chi connectivity index (χ1) is 15.6. The molecule has 0 bridgehead atoms. The van der Waals surface area contributed by atoms with Crippen molar-refractivity contribution < 1.29 is 9.47 Å². The molecule has 0 heterocycles. The zero-order chi connectivity index (χ0) is 22.3. The molecule has 0 saturated carbocycles. The van der Waals surface area contributed by atoms with E-state index in [9.17, 15) is 0 Å². The van der Waals surface area contributed by atoms with Gasteiger partial charge in [-0.15, -0.1) is 0 Å². The number of nitrogens with zero attached hydrogens (tertiary/aromatic N) is 1. The quantitative estimate of drug-likeness (QED) is 0.207. The summed E-state index contributed by atoms with van der Waals surface area (Å²) in [6.45, 7) is 0.396. The molecule has 0 spiro atoms. The Morgan fingerprint density at radius 2 is 1.56 bits per heavy atom. The SMILES string of the molecule is Clc1cccc(COc2c(Br)cc(Br)cc2C=Nc2ccc(Oc3ccccc3)cc2)c1. The first-order valence-corrected chi connectivity index (χ1v) is 11.8. The van der Waals surface area contributed by atoms with Gasteiger partial charge in [0.25, 0.3) is 0 Å². The second-order valence-electron chi connectivity index (χ2n) is 6.89. The maximum Gasteiger partial charge on any atom is 0.142 e. The van der Waals surface area contributed by atoms with Crippen LogP contribution < -0.4 is 9.47 Å². The lowest BCUT2D eigenvalue weighted by Crippen LogP contribution is -1.99. The highest BCUT2D eigenvalue weighted by atomic mass is 79.9. The van der Waals surface area contributed by atoms with Crippen molar-refractivity contribution in [1.29, 1.82) is 0 Å². The van der Waals surface area contributed by atoms with Crippen molar-refractivity contribution in [2.75, 3.05) is 0 Å². The lowest BCUT2D eigenvalue weighted by Gasteiger charge is -2.12. The average molecular weight is 572 g/mol. The Morgan fingerprint density at radius 1 is 0.812 bits per heavy atom. The highest BCUT2D eigenvalue weighted by molar-refractivity contribution is 9.11. The van der Waals surface area contributed by atoms with Crippen LogP contribution >= 0.6 is 43.5 Å². The Morgan fingerprint density at radius 3 is 2.31 bits per heavy atom. The van der Waals surface area contributed by atoms with Crippen LogP contribution in [0.1, 0.15) is 11.1 Å². The molecule has 0 aromatic heterocycles. The van der Waals surface area contributed by atoms with Gasteiger partial charge in [0.05, 0.1) is 10.2 Å². The van der Waals surface area contributed by atoms with Crippen LogP contribution in [-0.2, 0) is 6.61 Å². The average Bonchev–Trinajstić information content (AvgIpc) is 2.78. The lowest BCUT2D eigenvalue weighted by atomic mass is 10.2. The van der Waals surface area contributed by atoms with Crippen molar-refractivity contribution >= 4 is 55.4 Å². The Kier molecular flexibility index (Phi) is 7.63. The van der Waals surface area contributed by atoms with Crippen LogP contribution in [0, 0.1) is 0 Å². The van der Waals surface area contributed by atoms with Crippen molar-refractivity contribution in [1.82, 2.24) is 0 Å². The largest absolute Gasteiger partial charge is 0.487 e. The standard InChI is InChI=1S/C26H18Br2ClNO2/c27-20-14-19(26(25(28)15-20)31-17-18-5-4-6-21(29)13-18)16-30-22-9-11-24(12-10-22)32-23-7-2-1-3-8-23/h1-16H,17H2. The van der Waals surface area contributed by atoms with Gasteiger partial charge < -0.3 is 9.47 Å². The Labute approximate surface area is 208 Å². The smallest absolute Gasteiger partial charge is 0.142 e. The van der Waals surface area contributed by atoms with E-state index in [1.165, 1.54) is 0 Å². The summed E-state index contributed by atoms with van der Waals surface area (Å²) in [6.07, 6.45) is 1.79. The summed E-state index contributed by atoms with van der Waals surface area (Å²) in [5.74, 6) is 2.26. The van der Waals surface area contributed by atoms with Crippen LogP contribution in [0.2, 0.25) is 5.02 Å². The predicted octanol–water partition coefficient (Wildman–Crippen LogP) is 8.99. The summed E-state index contributed by atoms with van der Waals surface area (Å²) in [7, 11) is 0. The number of aliphatic imine (C=N–C) groups is 1. The van der Waals surface area contributed by atoms with E-state index in [4.69, 9.17) is 21.1 Å². The maximum absolute atomic E-state index is 6.10. The van der Waals surface area contributed by atoms with Gasteiger partial charge in [-0.1, -0.05) is 57.9 Å². The van der Waals surface area contributed by atoms with E-state index in [0.717, 1.165) is 37.3 Å². The fraction of sp³-hybridized carbons (Fsp3) is 0.0385. The third-order valence-electron chi connectivity index (χ3n) is 4.48. The molecule has 0 saturated heterocycles. The number of rotatable bonds is 7. The lowest BCUT2D eigenvalue weighted by molar-refractivity contribution is 0.304. The van der Waals surface area contributed by atoms with Crippen molar-refractivity contribution in [2.24, 2.45) is 4.99 Å². The summed E-state index contributed by atoms with van der Waals surface area (Å²) in [4.78, 5) is 4.61. The highest BCUT2D eigenvalue weighted by Gasteiger charge is 2.10. The molecule has 4 rings (SSSR count). The van der Waals surface area contributed by atoms with Gasteiger partial charge in [-0.05, 0) is 82.2 Å². The van der Waals surface area contributed by atoms with Crippen LogP contribution in [0.15, 0.2) is 105 Å². The maximum atomic E-state index is 6.10. The highest BCUT2D eigenvalue weighted by Crippen LogP contribution is 2.33. The van der Waals surface area contributed by atoms with Crippen LogP contribution in [0.25, 0.3) is 0 Å². The van der Waals surface area contributed by atoms with E-state index in [2.05, 4.69) is 36.9 Å². The molecule has 0 aliphatic rings. The first-order valence-electron chi connectivity index (χ1n) is 9.80. The monoisotopic (exact) mass is 569 g/mol. The van der Waals surface area contributed by atoms with Gasteiger partial charge in [-0.3, -0.25) is 4.99 Å². The minimum Gasteiger partial charge on any atom is -0.487 e. The molecule has 4 aromatic rings. The summed E-state index contributed by atoms with van der Waals surface area (Å²) in [5.41, 5.74) is 2.64. The van der Waals surface area contributed by atoms with Gasteiger partial charge in [0, 0.05) is 21.3 Å².